The summed E-state index contributed by atoms with van der Waals surface area (Å²) < 4.78 is 9.98. The molecule has 0 spiro atoms. The van der Waals surface area contributed by atoms with Crippen LogP contribution in [0, 0.1) is 11.8 Å². The fourth-order valence-electron chi connectivity index (χ4n) is 3.57. The quantitative estimate of drug-likeness (QED) is 0.435. The molecule has 0 aromatic heterocycles. The van der Waals surface area contributed by atoms with Crippen molar-refractivity contribution in [2.75, 3.05) is 20.3 Å². The van der Waals surface area contributed by atoms with Crippen molar-refractivity contribution in [3.05, 3.63) is 29.8 Å². The van der Waals surface area contributed by atoms with Crippen molar-refractivity contribution in [3.63, 3.8) is 0 Å². The summed E-state index contributed by atoms with van der Waals surface area (Å²) in [6.45, 7) is -0.866. The van der Waals surface area contributed by atoms with Crippen LogP contribution in [0.4, 0.5) is 0 Å². The maximum absolute atomic E-state index is 12.3. The highest BCUT2D eigenvalue weighted by molar-refractivity contribution is 6.07. The van der Waals surface area contributed by atoms with Gasteiger partial charge in [-0.15, -0.1) is 0 Å². The molecule has 1 aromatic rings. The largest absolute Gasteiger partial charge is 0.497 e. The van der Waals surface area contributed by atoms with E-state index in [1.54, 1.807) is 24.3 Å². The predicted octanol–water partition coefficient (Wildman–Crippen LogP) is 1.60. The number of imide groups is 1. The third kappa shape index (κ3) is 3.61. The zero-order valence-corrected chi connectivity index (χ0v) is 14.6. The van der Waals surface area contributed by atoms with E-state index in [4.69, 9.17) is 9.47 Å². The van der Waals surface area contributed by atoms with Crippen LogP contribution in [0.3, 0.4) is 0 Å². The molecule has 0 bridgehead atoms. The molecule has 1 saturated carbocycles. The molecule has 7 nitrogen and oxygen atoms in total. The van der Waals surface area contributed by atoms with Gasteiger partial charge in [-0.2, -0.15) is 0 Å². The third-order valence-corrected chi connectivity index (χ3v) is 5.00. The predicted molar refractivity (Wildman–Crippen MR) is 90.5 cm³/mol. The topological polar surface area (TPSA) is 90.0 Å². The Labute approximate surface area is 151 Å². The second kappa shape index (κ2) is 7.68. The molecule has 1 aromatic carbocycles. The van der Waals surface area contributed by atoms with Crippen molar-refractivity contribution >= 4 is 23.6 Å². The summed E-state index contributed by atoms with van der Waals surface area (Å²) in [5, 5.41) is 0. The lowest BCUT2D eigenvalue weighted by molar-refractivity contribution is -0.152. The van der Waals surface area contributed by atoms with Crippen LogP contribution in [-0.2, 0) is 19.1 Å². The number of hydrogen-bond acceptors (Lipinski definition) is 6. The first-order chi connectivity index (χ1) is 12.5. The van der Waals surface area contributed by atoms with Crippen molar-refractivity contribution in [1.82, 2.24) is 4.90 Å². The standard InChI is InChI=1S/C19H21NO6/c1-25-13-8-6-12(7-9-13)16(21)11-26-17(22)10-20-18(23)14-4-2-3-5-15(14)19(20)24/h6-9,14-15H,2-5,10-11H2,1H3. The van der Waals surface area contributed by atoms with Crippen LogP contribution in [-0.4, -0.2) is 48.7 Å². The minimum Gasteiger partial charge on any atom is -0.497 e. The number of carbonyl (C=O) groups excluding carboxylic acids is 4. The molecule has 2 unspecified atom stereocenters. The fraction of sp³-hybridized carbons (Fsp3) is 0.474. The number of hydrogen-bond donors (Lipinski definition) is 0. The molecule has 3 rings (SSSR count). The first-order valence-electron chi connectivity index (χ1n) is 8.69. The summed E-state index contributed by atoms with van der Waals surface area (Å²) in [4.78, 5) is 49.7. The van der Waals surface area contributed by atoms with Gasteiger partial charge in [0.2, 0.25) is 11.8 Å². The van der Waals surface area contributed by atoms with Gasteiger partial charge < -0.3 is 9.47 Å². The third-order valence-electron chi connectivity index (χ3n) is 5.00. The Morgan fingerprint density at radius 1 is 1.04 bits per heavy atom. The molecule has 2 amide bonds. The van der Waals surface area contributed by atoms with E-state index in [1.807, 2.05) is 0 Å². The summed E-state index contributed by atoms with van der Waals surface area (Å²) in [5.41, 5.74) is 0.387. The normalized spacial score (nSPS) is 22.1. The van der Waals surface area contributed by atoms with Crippen LogP contribution >= 0.6 is 0 Å². The second-order valence-electron chi connectivity index (χ2n) is 6.57. The number of fused-ring (bicyclic) bond motifs is 1. The number of likely N-dealkylation sites (tertiary alicyclic amines) is 1. The zero-order chi connectivity index (χ0) is 18.7. The molecule has 0 radical (unpaired) electrons. The summed E-state index contributed by atoms with van der Waals surface area (Å²) in [5.74, 6) is -1.70. The van der Waals surface area contributed by atoms with Crippen molar-refractivity contribution in [2.45, 2.75) is 25.7 Å². The molecule has 1 heterocycles. The fourth-order valence-corrected chi connectivity index (χ4v) is 3.57. The molecular weight excluding hydrogens is 338 g/mol. The Bertz CT molecular complexity index is 702. The first kappa shape index (κ1) is 18.1. The molecule has 2 atom stereocenters. The highest BCUT2D eigenvalue weighted by Crippen LogP contribution is 2.37. The number of nitrogens with zero attached hydrogens (tertiary/aromatic N) is 1. The van der Waals surface area contributed by atoms with Crippen LogP contribution in [0.15, 0.2) is 24.3 Å². The van der Waals surface area contributed by atoms with Crippen molar-refractivity contribution < 1.29 is 28.7 Å². The van der Waals surface area contributed by atoms with E-state index < -0.39 is 19.1 Å². The molecular formula is C19H21NO6. The number of carbonyl (C=O) groups is 4. The summed E-state index contributed by atoms with van der Waals surface area (Å²) in [6, 6.07) is 6.43. The van der Waals surface area contributed by atoms with Crippen molar-refractivity contribution in [1.29, 1.82) is 0 Å². The number of benzene rings is 1. The van der Waals surface area contributed by atoms with Gasteiger partial charge in [0.15, 0.2) is 12.4 Å². The zero-order valence-electron chi connectivity index (χ0n) is 14.6. The lowest BCUT2D eigenvalue weighted by atomic mass is 9.81. The van der Waals surface area contributed by atoms with Gasteiger partial charge >= 0.3 is 5.97 Å². The number of amides is 2. The lowest BCUT2D eigenvalue weighted by Gasteiger charge is -2.19. The average molecular weight is 359 g/mol. The maximum Gasteiger partial charge on any atom is 0.326 e. The van der Waals surface area contributed by atoms with Gasteiger partial charge in [-0.05, 0) is 37.1 Å². The van der Waals surface area contributed by atoms with Gasteiger partial charge in [0.1, 0.15) is 12.3 Å². The summed E-state index contributed by atoms with van der Waals surface area (Å²) in [7, 11) is 1.52. The number of rotatable bonds is 6. The van der Waals surface area contributed by atoms with Gasteiger partial charge in [0.25, 0.3) is 0 Å². The molecule has 0 N–H and O–H groups in total. The van der Waals surface area contributed by atoms with E-state index in [0.29, 0.717) is 24.2 Å². The van der Waals surface area contributed by atoms with E-state index in [2.05, 4.69) is 0 Å². The van der Waals surface area contributed by atoms with Crippen molar-refractivity contribution in [3.8, 4) is 5.75 Å². The number of ether oxygens (including phenoxy) is 2. The van der Waals surface area contributed by atoms with Crippen LogP contribution in [0.25, 0.3) is 0 Å². The molecule has 26 heavy (non-hydrogen) atoms. The minimum absolute atomic E-state index is 0.293. The highest BCUT2D eigenvalue weighted by atomic mass is 16.5. The molecule has 2 aliphatic rings. The van der Waals surface area contributed by atoms with Crippen LogP contribution in [0.1, 0.15) is 36.0 Å². The summed E-state index contributed by atoms with van der Waals surface area (Å²) in [6.07, 6.45) is 3.23. The van der Waals surface area contributed by atoms with Crippen LogP contribution in [0.5, 0.6) is 5.75 Å². The molecule has 2 fully saturated rings. The van der Waals surface area contributed by atoms with Crippen molar-refractivity contribution in [2.24, 2.45) is 11.8 Å². The number of Topliss-reactive ketones (excluding diaryl/α,β-unsaturated/α-hetero) is 1. The maximum atomic E-state index is 12.3. The lowest BCUT2D eigenvalue weighted by Crippen LogP contribution is -2.37. The van der Waals surface area contributed by atoms with E-state index >= 15 is 0 Å². The van der Waals surface area contributed by atoms with E-state index in [1.165, 1.54) is 7.11 Å². The molecule has 1 aliphatic heterocycles. The highest BCUT2D eigenvalue weighted by Gasteiger charge is 2.48. The number of ketones is 1. The second-order valence-corrected chi connectivity index (χ2v) is 6.57. The number of methoxy groups -OCH3 is 1. The minimum atomic E-state index is -0.757. The van der Waals surface area contributed by atoms with E-state index in [9.17, 15) is 19.2 Å². The smallest absolute Gasteiger partial charge is 0.326 e. The van der Waals surface area contributed by atoms with Gasteiger partial charge in [-0.3, -0.25) is 24.1 Å². The SMILES string of the molecule is COc1ccc(C(=O)COC(=O)CN2C(=O)C3CCCCC3C2=O)cc1. The average Bonchev–Trinajstić information content (AvgIpc) is 2.91. The Balaban J connectivity index is 1.53. The summed E-state index contributed by atoms with van der Waals surface area (Å²) >= 11 is 0. The van der Waals surface area contributed by atoms with E-state index in [0.717, 1.165) is 17.7 Å². The Hall–Kier alpha value is -2.70. The Kier molecular flexibility index (Phi) is 5.35. The monoisotopic (exact) mass is 359 g/mol. The van der Waals surface area contributed by atoms with Gasteiger partial charge in [0.05, 0.1) is 18.9 Å². The molecule has 7 heteroatoms. The van der Waals surface area contributed by atoms with Gasteiger partial charge in [-0.1, -0.05) is 12.8 Å². The molecule has 138 valence electrons. The number of esters is 1. The van der Waals surface area contributed by atoms with E-state index in [-0.39, 0.29) is 29.4 Å². The first-order valence-corrected chi connectivity index (χ1v) is 8.69. The van der Waals surface area contributed by atoms with Gasteiger partial charge in [-0.25, -0.2) is 0 Å². The molecule has 1 aliphatic carbocycles. The Morgan fingerprint density at radius 2 is 1.62 bits per heavy atom. The van der Waals surface area contributed by atoms with Gasteiger partial charge in [0, 0.05) is 5.56 Å². The molecule has 1 saturated heterocycles. The van der Waals surface area contributed by atoms with Crippen LogP contribution in [0.2, 0.25) is 0 Å². The Morgan fingerprint density at radius 3 is 2.15 bits per heavy atom. The van der Waals surface area contributed by atoms with Crippen LogP contribution < -0.4 is 4.74 Å².